The van der Waals surface area contributed by atoms with Gasteiger partial charge < -0.3 is 10.6 Å². The highest BCUT2D eigenvalue weighted by molar-refractivity contribution is 7.73. The van der Waals surface area contributed by atoms with Crippen molar-refractivity contribution in [2.45, 2.75) is 6.67 Å². The molecule has 2 N–H and O–H groups in total. The van der Waals surface area contributed by atoms with E-state index in [0.717, 1.165) is 5.69 Å². The number of likely N-dealkylation sites (N-methyl/N-ethyl adjacent to an activating group) is 1. The highest BCUT2D eigenvalue weighted by Gasteiger charge is 2.12. The van der Waals surface area contributed by atoms with Gasteiger partial charge in [0, 0.05) is 0 Å². The van der Waals surface area contributed by atoms with Crippen LogP contribution in [0.4, 0.5) is 16.5 Å². The predicted octanol–water partition coefficient (Wildman–Crippen LogP) is 5.25. The number of benzene rings is 2. The van der Waals surface area contributed by atoms with Gasteiger partial charge >= 0.3 is 0 Å². The number of halogens is 2. The second kappa shape index (κ2) is 9.49. The van der Waals surface area contributed by atoms with Crippen LogP contribution < -0.4 is 10.6 Å². The van der Waals surface area contributed by atoms with E-state index in [1.54, 1.807) is 27.8 Å². The van der Waals surface area contributed by atoms with Crippen molar-refractivity contribution in [3.8, 4) is 0 Å². The Morgan fingerprint density at radius 2 is 1.75 bits per heavy atom. The zero-order valence-electron chi connectivity index (χ0n) is 14.9. The molecule has 28 heavy (non-hydrogen) atoms. The number of carbonyl (C=O) groups excluding carboxylic acids is 1. The molecule has 0 aliphatic carbocycles. The quantitative estimate of drug-likeness (QED) is 0.478. The van der Waals surface area contributed by atoms with E-state index in [0.29, 0.717) is 31.5 Å². The van der Waals surface area contributed by atoms with Gasteiger partial charge in [-0.1, -0.05) is 58.8 Å². The maximum Gasteiger partial charge on any atom is 0.238 e. The minimum atomic E-state index is -0.174. The van der Waals surface area contributed by atoms with Crippen molar-refractivity contribution in [3.05, 3.63) is 62.5 Å². The maximum absolute atomic E-state index is 12.2. The Hall–Kier alpha value is -1.97. The van der Waals surface area contributed by atoms with Crippen LogP contribution >= 0.6 is 46.8 Å². The van der Waals surface area contributed by atoms with Gasteiger partial charge in [0.15, 0.2) is 3.95 Å². The number of hydrogen-bond donors (Lipinski definition) is 2. The highest BCUT2D eigenvalue weighted by atomic mass is 35.5. The maximum atomic E-state index is 12.2. The number of aromatic nitrogens is 2. The number of hydrogen-bond acceptors (Lipinski definition) is 6. The van der Waals surface area contributed by atoms with Crippen molar-refractivity contribution >= 4 is 69.2 Å². The summed E-state index contributed by atoms with van der Waals surface area (Å²) in [5, 5.41) is 12.1. The van der Waals surface area contributed by atoms with Crippen LogP contribution in [0, 0.1) is 3.95 Å². The lowest BCUT2D eigenvalue weighted by atomic mass is 10.3. The van der Waals surface area contributed by atoms with E-state index < -0.39 is 0 Å². The van der Waals surface area contributed by atoms with Crippen LogP contribution in [0.15, 0.2) is 48.5 Å². The van der Waals surface area contributed by atoms with Gasteiger partial charge in [0.1, 0.15) is 0 Å². The Morgan fingerprint density at radius 3 is 2.39 bits per heavy atom. The molecular weight excluding hydrogens is 437 g/mol. The van der Waals surface area contributed by atoms with Crippen LogP contribution in [0.1, 0.15) is 0 Å². The molecule has 0 saturated heterocycles. The molecule has 0 aliphatic heterocycles. The van der Waals surface area contributed by atoms with Gasteiger partial charge in [-0.3, -0.25) is 9.69 Å². The van der Waals surface area contributed by atoms with Crippen LogP contribution in [0.25, 0.3) is 0 Å². The molecule has 0 atom stereocenters. The molecule has 10 heteroatoms. The normalized spacial score (nSPS) is 10.9. The van der Waals surface area contributed by atoms with E-state index in [2.05, 4.69) is 15.7 Å². The van der Waals surface area contributed by atoms with Crippen LogP contribution in [-0.4, -0.2) is 34.2 Å². The number of amides is 1. The Labute approximate surface area is 181 Å². The average molecular weight is 454 g/mol. The van der Waals surface area contributed by atoms with Gasteiger partial charge in [-0.05, 0) is 43.5 Å². The lowest BCUT2D eigenvalue weighted by Crippen LogP contribution is -2.32. The molecule has 146 valence electrons. The molecule has 0 radical (unpaired) electrons. The molecule has 0 saturated carbocycles. The monoisotopic (exact) mass is 453 g/mol. The van der Waals surface area contributed by atoms with E-state index in [1.165, 1.54) is 11.3 Å². The Balaban J connectivity index is 1.60. The van der Waals surface area contributed by atoms with E-state index in [1.807, 2.05) is 37.4 Å². The molecule has 2 aromatic carbocycles. The van der Waals surface area contributed by atoms with Gasteiger partial charge in [0.05, 0.1) is 34.6 Å². The fourth-order valence-electron chi connectivity index (χ4n) is 2.40. The highest BCUT2D eigenvalue weighted by Crippen LogP contribution is 2.26. The number of para-hydroxylation sites is 2. The molecule has 1 aromatic heterocycles. The first kappa shape index (κ1) is 20.8. The minimum Gasteiger partial charge on any atom is -0.329 e. The van der Waals surface area contributed by atoms with Crippen molar-refractivity contribution in [3.63, 3.8) is 0 Å². The van der Waals surface area contributed by atoms with Crippen LogP contribution in [0.3, 0.4) is 0 Å². The summed E-state index contributed by atoms with van der Waals surface area (Å²) in [5.74, 6) is -0.174. The molecule has 1 amide bonds. The van der Waals surface area contributed by atoms with Gasteiger partial charge in [-0.2, -0.15) is 0 Å². The standard InChI is InChI=1S/C18H17Cl2N5OS2/c1-24(10-16(26)21-14-8-4-2-6-12(14)19)11-25-18(27)28-17(23-25)22-15-9-5-3-7-13(15)20/h2-9H,10-11H2,1H3,(H,21,26)(H,22,23). The van der Waals surface area contributed by atoms with E-state index in [-0.39, 0.29) is 12.5 Å². The third-order valence-corrected chi connectivity index (χ3v) is 5.54. The third-order valence-electron chi connectivity index (χ3n) is 3.66. The summed E-state index contributed by atoms with van der Waals surface area (Å²) < 4.78 is 2.25. The number of rotatable bonds is 7. The molecule has 3 rings (SSSR count). The largest absolute Gasteiger partial charge is 0.329 e. The molecule has 0 unspecified atom stereocenters. The summed E-state index contributed by atoms with van der Waals surface area (Å²) in [4.78, 5) is 14.0. The molecule has 1 heterocycles. The van der Waals surface area contributed by atoms with Crippen LogP contribution in [0.2, 0.25) is 10.0 Å². The second-order valence-corrected chi connectivity index (χ2v) is 8.40. The zero-order valence-corrected chi connectivity index (χ0v) is 18.0. The average Bonchev–Trinajstić information content (AvgIpc) is 2.98. The SMILES string of the molecule is CN(CC(=O)Nc1ccccc1Cl)Cn1nc(Nc2ccccc2Cl)sc1=S. The summed E-state index contributed by atoms with van der Waals surface area (Å²) in [6.07, 6.45) is 0. The van der Waals surface area contributed by atoms with E-state index in [9.17, 15) is 4.79 Å². The van der Waals surface area contributed by atoms with Gasteiger partial charge in [0.2, 0.25) is 11.0 Å². The summed E-state index contributed by atoms with van der Waals surface area (Å²) in [7, 11) is 1.81. The summed E-state index contributed by atoms with van der Waals surface area (Å²) in [6, 6.07) is 14.5. The topological polar surface area (TPSA) is 62.2 Å². The van der Waals surface area contributed by atoms with E-state index >= 15 is 0 Å². The molecule has 3 aromatic rings. The summed E-state index contributed by atoms with van der Waals surface area (Å²) in [6.45, 7) is 0.535. The Bertz CT molecular complexity index is 1040. The van der Waals surface area contributed by atoms with Crippen molar-refractivity contribution in [2.75, 3.05) is 24.2 Å². The second-order valence-electron chi connectivity index (χ2n) is 5.96. The van der Waals surface area contributed by atoms with Crippen molar-refractivity contribution in [2.24, 2.45) is 0 Å². The first-order valence-electron chi connectivity index (χ1n) is 8.25. The van der Waals surface area contributed by atoms with Crippen molar-refractivity contribution in [1.29, 1.82) is 0 Å². The van der Waals surface area contributed by atoms with Gasteiger partial charge in [0.25, 0.3) is 0 Å². The summed E-state index contributed by atoms with van der Waals surface area (Å²) >= 11 is 18.9. The molecule has 6 nitrogen and oxygen atoms in total. The van der Waals surface area contributed by atoms with Crippen molar-refractivity contribution < 1.29 is 4.79 Å². The fraction of sp³-hybridized carbons (Fsp3) is 0.167. The van der Waals surface area contributed by atoms with Crippen LogP contribution in [0.5, 0.6) is 0 Å². The van der Waals surface area contributed by atoms with Crippen molar-refractivity contribution in [1.82, 2.24) is 14.7 Å². The number of nitrogens with one attached hydrogen (secondary N) is 2. The number of carbonyl (C=O) groups is 1. The predicted molar refractivity (Wildman–Crippen MR) is 118 cm³/mol. The third kappa shape index (κ3) is 5.52. The zero-order chi connectivity index (χ0) is 20.1. The molecule has 0 bridgehead atoms. The molecular formula is C18H17Cl2N5OS2. The molecule has 0 fully saturated rings. The first-order chi connectivity index (χ1) is 13.4. The minimum absolute atomic E-state index is 0.164. The van der Waals surface area contributed by atoms with E-state index in [4.69, 9.17) is 35.4 Å². The fourth-order valence-corrected chi connectivity index (χ4v) is 3.77. The smallest absolute Gasteiger partial charge is 0.238 e. The van der Waals surface area contributed by atoms with Crippen LogP contribution in [-0.2, 0) is 11.5 Å². The van der Waals surface area contributed by atoms with Gasteiger partial charge in [-0.15, -0.1) is 5.10 Å². The molecule has 0 spiro atoms. The first-order valence-corrected chi connectivity index (χ1v) is 10.2. The number of nitrogens with zero attached hydrogens (tertiary/aromatic N) is 3. The Morgan fingerprint density at radius 1 is 1.14 bits per heavy atom. The van der Waals surface area contributed by atoms with Gasteiger partial charge in [-0.25, -0.2) is 4.68 Å². The Kier molecular flexibility index (Phi) is 7.03. The lowest BCUT2D eigenvalue weighted by Gasteiger charge is -2.16. The number of anilines is 3. The summed E-state index contributed by atoms with van der Waals surface area (Å²) in [5.41, 5.74) is 1.34. The molecule has 0 aliphatic rings. The lowest BCUT2D eigenvalue weighted by molar-refractivity contribution is -0.117.